The Morgan fingerprint density at radius 1 is 1.12 bits per heavy atom. The molecule has 0 aliphatic rings. The van der Waals surface area contributed by atoms with E-state index < -0.39 is 33.0 Å². The zero-order chi connectivity index (χ0) is 24.7. The van der Waals surface area contributed by atoms with Crippen molar-refractivity contribution < 1.29 is 26.0 Å². The highest BCUT2D eigenvalue weighted by Gasteiger charge is 2.39. The normalized spacial score (nSPS) is 13.1. The van der Waals surface area contributed by atoms with Gasteiger partial charge >= 0.3 is 6.18 Å². The molecule has 1 N–H and O–H groups in total. The van der Waals surface area contributed by atoms with Crippen LogP contribution in [-0.4, -0.2) is 45.1 Å². The summed E-state index contributed by atoms with van der Waals surface area (Å²) in [5.41, 5.74) is 0.354. The van der Waals surface area contributed by atoms with Gasteiger partial charge in [0.15, 0.2) is 5.82 Å². The molecule has 34 heavy (non-hydrogen) atoms. The fraction of sp³-hybridized carbons (Fsp3) is 0.150. The zero-order valence-corrected chi connectivity index (χ0v) is 17.9. The van der Waals surface area contributed by atoms with Gasteiger partial charge in [-0.05, 0) is 25.1 Å². The number of alkyl halides is 3. The number of hydrogen-bond acceptors (Lipinski definition) is 7. The third-order valence-corrected chi connectivity index (χ3v) is 6.30. The van der Waals surface area contributed by atoms with Crippen LogP contribution in [0.15, 0.2) is 54.1 Å². The molecule has 0 saturated heterocycles. The van der Waals surface area contributed by atoms with Gasteiger partial charge in [-0.15, -0.1) is 0 Å². The Kier molecular flexibility index (Phi) is 5.75. The topological polar surface area (TPSA) is 126 Å². The van der Waals surface area contributed by atoms with Gasteiger partial charge in [0.25, 0.3) is 0 Å². The lowest BCUT2D eigenvalue weighted by Crippen LogP contribution is -2.42. The maximum absolute atomic E-state index is 13.9. The minimum atomic E-state index is -4.78. The molecule has 14 heteroatoms. The lowest BCUT2D eigenvalue weighted by atomic mass is 10.1. The summed E-state index contributed by atoms with van der Waals surface area (Å²) in [6, 6.07) is 3.02. The zero-order valence-electron chi connectivity index (χ0n) is 17.1. The maximum atomic E-state index is 13.9. The highest BCUT2D eigenvalue weighted by molar-refractivity contribution is 7.89. The van der Waals surface area contributed by atoms with Crippen LogP contribution in [0.5, 0.6) is 0 Å². The molecule has 0 spiro atoms. The second-order valence-corrected chi connectivity index (χ2v) is 8.74. The summed E-state index contributed by atoms with van der Waals surface area (Å²) in [5.74, 6) is -0.464. The van der Waals surface area contributed by atoms with Crippen molar-refractivity contribution >= 4 is 21.1 Å². The first-order valence-electron chi connectivity index (χ1n) is 9.45. The van der Waals surface area contributed by atoms with Crippen LogP contribution in [0.3, 0.4) is 0 Å². The highest BCUT2D eigenvalue weighted by Crippen LogP contribution is 2.34. The number of fused-ring (bicyclic) bond motifs is 1. The molecule has 4 aromatic rings. The average Bonchev–Trinajstić information content (AvgIpc) is 3.12. The molecule has 0 saturated carbocycles. The lowest BCUT2D eigenvalue weighted by molar-refractivity contribution is -0.147. The third kappa shape index (κ3) is 4.18. The van der Waals surface area contributed by atoms with Gasteiger partial charge in [0.2, 0.25) is 10.0 Å². The van der Waals surface area contributed by atoms with Crippen LogP contribution < -0.4 is 4.72 Å². The molecule has 9 nitrogen and oxygen atoms in total. The molecule has 1 atom stereocenters. The first kappa shape index (κ1) is 23.2. The van der Waals surface area contributed by atoms with E-state index in [-0.39, 0.29) is 33.8 Å². The van der Waals surface area contributed by atoms with Gasteiger partial charge in [0, 0.05) is 24.0 Å². The van der Waals surface area contributed by atoms with Crippen molar-refractivity contribution in [1.29, 1.82) is 5.26 Å². The molecule has 0 amide bonds. The van der Waals surface area contributed by atoms with E-state index in [4.69, 9.17) is 0 Å². The van der Waals surface area contributed by atoms with Crippen LogP contribution in [0, 0.1) is 17.1 Å². The number of rotatable bonds is 5. The van der Waals surface area contributed by atoms with Crippen molar-refractivity contribution in [3.05, 3.63) is 60.6 Å². The van der Waals surface area contributed by atoms with E-state index in [9.17, 15) is 31.2 Å². The number of sulfonamides is 1. The predicted octanol–water partition coefficient (Wildman–Crippen LogP) is 3.12. The molecular weight excluding hydrogens is 478 g/mol. The Balaban J connectivity index is 1.87. The van der Waals surface area contributed by atoms with Crippen LogP contribution in [0.2, 0.25) is 0 Å². The van der Waals surface area contributed by atoms with Crippen LogP contribution >= 0.6 is 0 Å². The monoisotopic (exact) mass is 491 g/mol. The highest BCUT2D eigenvalue weighted by atomic mass is 32.2. The molecule has 4 heterocycles. The van der Waals surface area contributed by atoms with Gasteiger partial charge in [-0.1, -0.05) is 0 Å². The van der Waals surface area contributed by atoms with Gasteiger partial charge in [-0.3, -0.25) is 14.5 Å². The summed E-state index contributed by atoms with van der Waals surface area (Å²) in [6.07, 6.45) is 1.21. The van der Waals surface area contributed by atoms with Gasteiger partial charge in [-0.25, -0.2) is 22.8 Å². The molecule has 0 unspecified atom stereocenters. The number of nitriles is 1. The van der Waals surface area contributed by atoms with E-state index in [1.807, 2.05) is 6.07 Å². The van der Waals surface area contributed by atoms with Gasteiger partial charge in [0.1, 0.15) is 28.5 Å². The Hall–Kier alpha value is -3.96. The SMILES string of the molecule is C[C@H](NS(=O)(=O)c1ccc(-c2c(C#N)c3cc(F)cnc3n2-c2cnccn2)nc1)C(F)(F)F. The fourth-order valence-electron chi connectivity index (χ4n) is 3.17. The summed E-state index contributed by atoms with van der Waals surface area (Å²) in [5, 5.41) is 9.95. The first-order valence-corrected chi connectivity index (χ1v) is 10.9. The van der Waals surface area contributed by atoms with Crippen molar-refractivity contribution in [3.63, 3.8) is 0 Å². The number of halogens is 4. The quantitative estimate of drug-likeness (QED) is 0.425. The minimum absolute atomic E-state index is 0.0143. The standard InChI is InChI=1S/C20H13F4N7O2S/c1-11(20(22,23)24)30-34(32,33)13-2-3-16(28-9-13)18-15(7-25)14-6-12(21)8-29-19(14)31(18)17-10-26-4-5-27-17/h2-6,8-11,30H,1H3/t11-/m0/s1. The van der Waals surface area contributed by atoms with E-state index in [0.29, 0.717) is 6.92 Å². The molecule has 4 aromatic heterocycles. The van der Waals surface area contributed by atoms with E-state index >= 15 is 0 Å². The Labute approximate surface area is 189 Å². The van der Waals surface area contributed by atoms with Crippen molar-refractivity contribution in [3.8, 4) is 23.3 Å². The van der Waals surface area contributed by atoms with Crippen LogP contribution in [-0.2, 0) is 10.0 Å². The van der Waals surface area contributed by atoms with Gasteiger partial charge in [0.05, 0.1) is 29.3 Å². The van der Waals surface area contributed by atoms with Crippen molar-refractivity contribution in [2.45, 2.75) is 24.0 Å². The summed E-state index contributed by atoms with van der Waals surface area (Å²) in [4.78, 5) is 15.8. The number of nitrogens with zero attached hydrogens (tertiary/aromatic N) is 6. The average molecular weight is 491 g/mol. The van der Waals surface area contributed by atoms with Crippen LogP contribution in [0.25, 0.3) is 28.2 Å². The molecule has 0 radical (unpaired) electrons. The first-order chi connectivity index (χ1) is 16.0. The summed E-state index contributed by atoms with van der Waals surface area (Å²) in [7, 11) is -4.54. The molecule has 0 bridgehead atoms. The predicted molar refractivity (Wildman–Crippen MR) is 110 cm³/mol. The Morgan fingerprint density at radius 2 is 1.88 bits per heavy atom. The molecule has 4 rings (SSSR count). The fourth-order valence-corrected chi connectivity index (χ4v) is 4.35. The molecule has 0 aliphatic heterocycles. The van der Waals surface area contributed by atoms with Gasteiger partial charge < -0.3 is 0 Å². The van der Waals surface area contributed by atoms with E-state index in [0.717, 1.165) is 24.5 Å². The smallest absolute Gasteiger partial charge is 0.274 e. The summed E-state index contributed by atoms with van der Waals surface area (Å²) >= 11 is 0. The molecule has 174 valence electrons. The summed E-state index contributed by atoms with van der Waals surface area (Å²) in [6.45, 7) is 0.671. The van der Waals surface area contributed by atoms with Crippen LogP contribution in [0.4, 0.5) is 17.6 Å². The van der Waals surface area contributed by atoms with E-state index in [2.05, 4.69) is 19.9 Å². The van der Waals surface area contributed by atoms with Crippen molar-refractivity contribution in [2.75, 3.05) is 0 Å². The molecule has 0 aromatic carbocycles. The second-order valence-electron chi connectivity index (χ2n) is 7.02. The van der Waals surface area contributed by atoms with Gasteiger partial charge in [-0.2, -0.15) is 23.2 Å². The van der Waals surface area contributed by atoms with E-state index in [1.165, 1.54) is 33.9 Å². The summed E-state index contributed by atoms with van der Waals surface area (Å²) < 4.78 is 79.9. The Bertz CT molecular complexity index is 1510. The third-order valence-electron chi connectivity index (χ3n) is 4.78. The number of aromatic nitrogens is 5. The van der Waals surface area contributed by atoms with Crippen LogP contribution in [0.1, 0.15) is 12.5 Å². The number of nitrogens with one attached hydrogen (secondary N) is 1. The maximum Gasteiger partial charge on any atom is 0.404 e. The van der Waals surface area contributed by atoms with Crippen molar-refractivity contribution in [2.24, 2.45) is 0 Å². The Morgan fingerprint density at radius 3 is 2.47 bits per heavy atom. The molecular formula is C20H13F4N7O2S. The largest absolute Gasteiger partial charge is 0.404 e. The molecule has 0 fully saturated rings. The lowest BCUT2D eigenvalue weighted by Gasteiger charge is -2.17. The number of hydrogen-bond donors (Lipinski definition) is 1. The molecule has 0 aliphatic carbocycles. The minimum Gasteiger partial charge on any atom is -0.274 e. The second kappa shape index (κ2) is 8.43. The number of pyridine rings is 2. The van der Waals surface area contributed by atoms with E-state index in [1.54, 1.807) is 0 Å². The van der Waals surface area contributed by atoms with Crippen molar-refractivity contribution in [1.82, 2.24) is 29.2 Å².